The standard InChI is InChI=1S/C13H16ClN3O2S/c1-2-20(19)6-5-15-8-12-16-11-7-9(14)3-4-10(11)13(18)17-12/h3-4,7,15H,2,5-6,8H2,1H3,(H,16,17,18). The van der Waals surface area contributed by atoms with Crippen LogP contribution < -0.4 is 10.9 Å². The van der Waals surface area contributed by atoms with Gasteiger partial charge in [0, 0.05) is 33.9 Å². The fourth-order valence-corrected chi connectivity index (χ4v) is 2.61. The number of rotatable bonds is 6. The van der Waals surface area contributed by atoms with Crippen molar-refractivity contribution >= 4 is 33.3 Å². The van der Waals surface area contributed by atoms with Crippen LogP contribution in [0, 0.1) is 0 Å². The lowest BCUT2D eigenvalue weighted by molar-refractivity contribution is 0.666. The molecule has 20 heavy (non-hydrogen) atoms. The highest BCUT2D eigenvalue weighted by molar-refractivity contribution is 7.84. The zero-order valence-electron chi connectivity index (χ0n) is 11.1. The molecular weight excluding hydrogens is 298 g/mol. The van der Waals surface area contributed by atoms with E-state index in [9.17, 15) is 9.00 Å². The molecule has 2 N–H and O–H groups in total. The number of fused-ring (bicyclic) bond motifs is 1. The van der Waals surface area contributed by atoms with Gasteiger partial charge < -0.3 is 10.3 Å². The average Bonchev–Trinajstić information content (AvgIpc) is 2.42. The Labute approximate surface area is 124 Å². The molecule has 1 atom stereocenters. The molecule has 0 bridgehead atoms. The lowest BCUT2D eigenvalue weighted by Crippen LogP contribution is -2.23. The van der Waals surface area contributed by atoms with Gasteiger partial charge in [0.1, 0.15) is 5.82 Å². The Kier molecular flexibility index (Phi) is 5.28. The number of hydrogen-bond acceptors (Lipinski definition) is 4. The molecule has 2 rings (SSSR count). The third-order valence-electron chi connectivity index (χ3n) is 2.84. The summed E-state index contributed by atoms with van der Waals surface area (Å²) in [6.07, 6.45) is 0. The first-order chi connectivity index (χ1) is 9.60. The van der Waals surface area contributed by atoms with Gasteiger partial charge in [0.15, 0.2) is 0 Å². The maximum Gasteiger partial charge on any atom is 0.258 e. The highest BCUT2D eigenvalue weighted by atomic mass is 35.5. The molecule has 0 aliphatic carbocycles. The number of nitrogens with one attached hydrogen (secondary N) is 2. The summed E-state index contributed by atoms with van der Waals surface area (Å²) in [5.74, 6) is 1.80. The van der Waals surface area contributed by atoms with E-state index in [1.807, 2.05) is 6.92 Å². The van der Waals surface area contributed by atoms with Gasteiger partial charge in [-0.25, -0.2) is 4.98 Å². The molecule has 0 amide bonds. The Hall–Kier alpha value is -1.24. The van der Waals surface area contributed by atoms with E-state index in [2.05, 4.69) is 15.3 Å². The Morgan fingerprint density at radius 2 is 2.25 bits per heavy atom. The zero-order valence-corrected chi connectivity index (χ0v) is 12.7. The molecular formula is C13H16ClN3O2S. The van der Waals surface area contributed by atoms with E-state index in [1.165, 1.54) is 0 Å². The molecule has 108 valence electrons. The second-order valence-corrected chi connectivity index (χ2v) is 6.59. The molecule has 0 saturated carbocycles. The topological polar surface area (TPSA) is 74.8 Å². The molecule has 0 aliphatic heterocycles. The molecule has 7 heteroatoms. The summed E-state index contributed by atoms with van der Waals surface area (Å²) in [4.78, 5) is 19.0. The Balaban J connectivity index is 2.07. The van der Waals surface area contributed by atoms with Gasteiger partial charge in [-0.05, 0) is 18.2 Å². The van der Waals surface area contributed by atoms with Gasteiger partial charge >= 0.3 is 0 Å². The van der Waals surface area contributed by atoms with Crippen molar-refractivity contribution in [3.63, 3.8) is 0 Å². The zero-order chi connectivity index (χ0) is 14.5. The molecule has 1 aromatic carbocycles. The number of halogens is 1. The molecule has 1 unspecified atom stereocenters. The van der Waals surface area contributed by atoms with Crippen molar-refractivity contribution in [1.29, 1.82) is 0 Å². The van der Waals surface area contributed by atoms with Crippen LogP contribution in [0.25, 0.3) is 10.9 Å². The third-order valence-corrected chi connectivity index (χ3v) is 4.38. The maximum atomic E-state index is 11.9. The van der Waals surface area contributed by atoms with E-state index in [-0.39, 0.29) is 5.56 Å². The highest BCUT2D eigenvalue weighted by Gasteiger charge is 2.04. The Bertz CT molecular complexity index is 687. The van der Waals surface area contributed by atoms with Crippen LogP contribution >= 0.6 is 11.6 Å². The minimum Gasteiger partial charge on any atom is -0.309 e. The highest BCUT2D eigenvalue weighted by Crippen LogP contribution is 2.14. The van der Waals surface area contributed by atoms with Crippen molar-refractivity contribution < 1.29 is 4.21 Å². The van der Waals surface area contributed by atoms with Crippen LogP contribution in [0.3, 0.4) is 0 Å². The predicted molar refractivity (Wildman–Crippen MR) is 82.6 cm³/mol. The van der Waals surface area contributed by atoms with Crippen LogP contribution in [0.2, 0.25) is 5.02 Å². The second-order valence-electron chi connectivity index (χ2n) is 4.28. The van der Waals surface area contributed by atoms with Gasteiger partial charge in [-0.1, -0.05) is 18.5 Å². The van der Waals surface area contributed by atoms with Crippen LogP contribution in [0.1, 0.15) is 12.7 Å². The van der Waals surface area contributed by atoms with Crippen LogP contribution in [-0.4, -0.2) is 32.2 Å². The SMILES string of the molecule is CCS(=O)CCNCc1nc2cc(Cl)ccc2c(=O)[nH]1. The molecule has 0 saturated heterocycles. The van der Waals surface area contributed by atoms with Crippen LogP contribution in [0.15, 0.2) is 23.0 Å². The summed E-state index contributed by atoms with van der Waals surface area (Å²) in [7, 11) is -0.787. The minimum absolute atomic E-state index is 0.180. The molecule has 1 heterocycles. The third kappa shape index (κ3) is 3.88. The number of aromatic amines is 1. The maximum absolute atomic E-state index is 11.9. The lowest BCUT2D eigenvalue weighted by Gasteiger charge is -2.05. The van der Waals surface area contributed by atoms with Crippen LogP contribution in [0.4, 0.5) is 0 Å². The van der Waals surface area contributed by atoms with E-state index in [4.69, 9.17) is 11.6 Å². The average molecular weight is 314 g/mol. The number of aromatic nitrogens is 2. The molecule has 0 fully saturated rings. The first kappa shape index (κ1) is 15.2. The van der Waals surface area contributed by atoms with Crippen molar-refractivity contribution in [1.82, 2.24) is 15.3 Å². The Morgan fingerprint density at radius 3 is 3.00 bits per heavy atom. The van der Waals surface area contributed by atoms with Crippen molar-refractivity contribution in [2.45, 2.75) is 13.5 Å². The predicted octanol–water partition coefficient (Wildman–Crippen LogP) is 1.43. The number of nitrogens with zero attached hydrogens (tertiary/aromatic N) is 1. The smallest absolute Gasteiger partial charge is 0.258 e. The van der Waals surface area contributed by atoms with Gasteiger partial charge in [0.05, 0.1) is 17.4 Å². The van der Waals surface area contributed by atoms with E-state index in [0.717, 1.165) is 0 Å². The van der Waals surface area contributed by atoms with Gasteiger partial charge in [-0.2, -0.15) is 0 Å². The molecule has 5 nitrogen and oxygen atoms in total. The molecule has 0 spiro atoms. The van der Waals surface area contributed by atoms with Gasteiger partial charge in [0.25, 0.3) is 5.56 Å². The van der Waals surface area contributed by atoms with Gasteiger partial charge in [-0.15, -0.1) is 0 Å². The summed E-state index contributed by atoms with van der Waals surface area (Å²) >= 11 is 5.90. The fraction of sp³-hybridized carbons (Fsp3) is 0.385. The minimum atomic E-state index is -0.787. The molecule has 0 aliphatic rings. The second kappa shape index (κ2) is 6.97. The fourth-order valence-electron chi connectivity index (χ4n) is 1.78. The number of benzene rings is 1. The number of hydrogen-bond donors (Lipinski definition) is 2. The van der Waals surface area contributed by atoms with E-state index >= 15 is 0 Å². The largest absolute Gasteiger partial charge is 0.309 e. The van der Waals surface area contributed by atoms with E-state index in [1.54, 1.807) is 18.2 Å². The summed E-state index contributed by atoms with van der Waals surface area (Å²) < 4.78 is 11.3. The van der Waals surface area contributed by atoms with Gasteiger partial charge in [0.2, 0.25) is 0 Å². The van der Waals surface area contributed by atoms with E-state index in [0.29, 0.717) is 46.3 Å². The summed E-state index contributed by atoms with van der Waals surface area (Å²) in [5.41, 5.74) is 0.399. The number of H-pyrrole nitrogens is 1. The van der Waals surface area contributed by atoms with Crippen molar-refractivity contribution in [3.8, 4) is 0 Å². The quantitative estimate of drug-likeness (QED) is 0.791. The van der Waals surface area contributed by atoms with Crippen molar-refractivity contribution in [3.05, 3.63) is 39.4 Å². The molecule has 0 radical (unpaired) electrons. The van der Waals surface area contributed by atoms with Crippen LogP contribution in [0.5, 0.6) is 0 Å². The van der Waals surface area contributed by atoms with Crippen molar-refractivity contribution in [2.75, 3.05) is 18.1 Å². The monoisotopic (exact) mass is 313 g/mol. The van der Waals surface area contributed by atoms with Crippen molar-refractivity contribution in [2.24, 2.45) is 0 Å². The van der Waals surface area contributed by atoms with E-state index < -0.39 is 10.8 Å². The summed E-state index contributed by atoms with van der Waals surface area (Å²) in [6.45, 7) is 2.94. The van der Waals surface area contributed by atoms with Gasteiger partial charge in [-0.3, -0.25) is 9.00 Å². The molecule has 2 aromatic rings. The first-order valence-corrected chi connectivity index (χ1v) is 8.21. The summed E-state index contributed by atoms with van der Waals surface area (Å²) in [6, 6.07) is 4.99. The summed E-state index contributed by atoms with van der Waals surface area (Å²) in [5, 5.41) is 4.18. The lowest BCUT2D eigenvalue weighted by atomic mass is 10.2. The van der Waals surface area contributed by atoms with Crippen LogP contribution in [-0.2, 0) is 17.3 Å². The normalized spacial score (nSPS) is 12.7. The first-order valence-electron chi connectivity index (χ1n) is 6.34. The Morgan fingerprint density at radius 1 is 1.45 bits per heavy atom. The molecule has 1 aromatic heterocycles.